The highest BCUT2D eigenvalue weighted by Crippen LogP contribution is 2.24. The van der Waals surface area contributed by atoms with Crippen LogP contribution in [0.2, 0.25) is 0 Å². The molecule has 0 bridgehead atoms. The van der Waals surface area contributed by atoms with Crippen LogP contribution in [0.5, 0.6) is 0 Å². The number of Topliss-reactive ketones (excluding diaryl/α,β-unsaturated/α-hetero) is 1. The van der Waals surface area contributed by atoms with Crippen molar-refractivity contribution in [3.8, 4) is 0 Å². The van der Waals surface area contributed by atoms with Gasteiger partial charge < -0.3 is 5.73 Å². The summed E-state index contributed by atoms with van der Waals surface area (Å²) in [6.07, 6.45) is 0. The highest BCUT2D eigenvalue weighted by molar-refractivity contribution is 7.89. The summed E-state index contributed by atoms with van der Waals surface area (Å²) in [7, 11) is -3.56. The molecule has 104 valence electrons. The number of carbonyl (C=O) groups excluding carboxylic acids is 1. The molecule has 1 aliphatic rings. The quantitative estimate of drug-likeness (QED) is 0.834. The van der Waals surface area contributed by atoms with Crippen LogP contribution in [-0.4, -0.2) is 37.6 Å². The van der Waals surface area contributed by atoms with Gasteiger partial charge in [-0.15, -0.1) is 0 Å². The first-order valence-corrected chi connectivity index (χ1v) is 7.63. The molecule has 1 saturated heterocycles. The monoisotopic (exact) mass is 282 g/mol. The van der Waals surface area contributed by atoms with E-state index in [-0.39, 0.29) is 22.6 Å². The van der Waals surface area contributed by atoms with Crippen LogP contribution in [0.25, 0.3) is 0 Å². The Kier molecular flexibility index (Phi) is 3.75. The zero-order valence-electron chi connectivity index (χ0n) is 11.0. The maximum atomic E-state index is 12.5. The third kappa shape index (κ3) is 2.70. The average Bonchev–Trinajstić information content (AvgIpc) is 2.70. The maximum Gasteiger partial charge on any atom is 0.243 e. The van der Waals surface area contributed by atoms with Crippen molar-refractivity contribution in [2.24, 2.45) is 11.7 Å². The summed E-state index contributed by atoms with van der Waals surface area (Å²) >= 11 is 0. The summed E-state index contributed by atoms with van der Waals surface area (Å²) in [6, 6.07) is 6.00. The largest absolute Gasteiger partial charge is 0.326 e. The van der Waals surface area contributed by atoms with Gasteiger partial charge in [0, 0.05) is 24.7 Å². The van der Waals surface area contributed by atoms with Crippen molar-refractivity contribution >= 4 is 15.8 Å². The molecule has 0 amide bonds. The Hall–Kier alpha value is -1.24. The molecule has 0 saturated carbocycles. The lowest BCUT2D eigenvalue weighted by Gasteiger charge is -2.16. The van der Waals surface area contributed by atoms with E-state index in [4.69, 9.17) is 5.73 Å². The van der Waals surface area contributed by atoms with Crippen LogP contribution in [0, 0.1) is 5.92 Å². The molecule has 2 atom stereocenters. The lowest BCUT2D eigenvalue weighted by atomic mass is 10.1. The van der Waals surface area contributed by atoms with Crippen molar-refractivity contribution < 1.29 is 13.2 Å². The van der Waals surface area contributed by atoms with E-state index in [9.17, 15) is 13.2 Å². The predicted octanol–water partition coefficient (Wildman–Crippen LogP) is 0.857. The molecular weight excluding hydrogens is 264 g/mol. The smallest absolute Gasteiger partial charge is 0.243 e. The minimum absolute atomic E-state index is 0.134. The zero-order valence-corrected chi connectivity index (χ0v) is 11.9. The minimum Gasteiger partial charge on any atom is -0.326 e. The lowest BCUT2D eigenvalue weighted by Crippen LogP contribution is -2.32. The number of carbonyl (C=O) groups is 1. The van der Waals surface area contributed by atoms with E-state index in [0.717, 1.165) is 0 Å². The molecule has 2 rings (SSSR count). The van der Waals surface area contributed by atoms with E-state index in [0.29, 0.717) is 18.7 Å². The first kappa shape index (κ1) is 14.2. The first-order valence-electron chi connectivity index (χ1n) is 6.19. The van der Waals surface area contributed by atoms with Gasteiger partial charge in [-0.25, -0.2) is 8.42 Å². The van der Waals surface area contributed by atoms with Crippen LogP contribution < -0.4 is 5.73 Å². The predicted molar refractivity (Wildman–Crippen MR) is 72.3 cm³/mol. The summed E-state index contributed by atoms with van der Waals surface area (Å²) in [4.78, 5) is 11.5. The Bertz CT molecular complexity index is 588. The zero-order chi connectivity index (χ0) is 14.2. The summed E-state index contributed by atoms with van der Waals surface area (Å²) in [5.74, 6) is -0.00527. The normalized spacial score (nSPS) is 24.6. The van der Waals surface area contributed by atoms with Gasteiger partial charge in [0.25, 0.3) is 0 Å². The number of benzene rings is 1. The van der Waals surface area contributed by atoms with Gasteiger partial charge in [0.15, 0.2) is 5.78 Å². The van der Waals surface area contributed by atoms with E-state index >= 15 is 0 Å². The number of nitrogens with zero attached hydrogens (tertiary/aromatic N) is 1. The third-order valence-electron chi connectivity index (χ3n) is 3.52. The fraction of sp³-hybridized carbons (Fsp3) is 0.462. The van der Waals surface area contributed by atoms with Gasteiger partial charge in [0.1, 0.15) is 0 Å². The van der Waals surface area contributed by atoms with Crippen molar-refractivity contribution in [3.05, 3.63) is 29.8 Å². The molecule has 1 fully saturated rings. The van der Waals surface area contributed by atoms with Gasteiger partial charge in [0.05, 0.1) is 4.90 Å². The van der Waals surface area contributed by atoms with Crippen LogP contribution in [0.1, 0.15) is 24.2 Å². The Labute approximate surface area is 113 Å². The highest BCUT2D eigenvalue weighted by atomic mass is 32.2. The van der Waals surface area contributed by atoms with Crippen LogP contribution in [0.4, 0.5) is 0 Å². The molecule has 0 aliphatic carbocycles. The topological polar surface area (TPSA) is 80.5 Å². The van der Waals surface area contributed by atoms with Gasteiger partial charge in [-0.1, -0.05) is 19.1 Å². The molecule has 2 unspecified atom stereocenters. The standard InChI is InChI=1S/C13H18N2O3S/c1-9-7-15(8-13(9)14)19(17,18)12-5-3-4-11(6-12)10(2)16/h3-6,9,13H,7-8,14H2,1-2H3. The van der Waals surface area contributed by atoms with Gasteiger partial charge in [-0.05, 0) is 25.0 Å². The molecule has 1 aromatic rings. The Balaban J connectivity index is 2.35. The van der Waals surface area contributed by atoms with Crippen LogP contribution in [0.3, 0.4) is 0 Å². The Morgan fingerprint density at radius 3 is 2.58 bits per heavy atom. The molecule has 1 aliphatic heterocycles. The maximum absolute atomic E-state index is 12.5. The summed E-state index contributed by atoms with van der Waals surface area (Å²) in [6.45, 7) is 4.10. The average molecular weight is 282 g/mol. The number of hydrogen-bond acceptors (Lipinski definition) is 4. The van der Waals surface area contributed by atoms with E-state index in [1.807, 2.05) is 6.92 Å². The second-order valence-electron chi connectivity index (χ2n) is 5.05. The number of sulfonamides is 1. The first-order chi connectivity index (χ1) is 8.82. The number of rotatable bonds is 3. The molecule has 0 radical (unpaired) electrons. The molecule has 2 N–H and O–H groups in total. The fourth-order valence-corrected chi connectivity index (χ4v) is 3.79. The SMILES string of the molecule is CC(=O)c1cccc(S(=O)(=O)N2CC(C)C(N)C2)c1. The summed E-state index contributed by atoms with van der Waals surface area (Å²) < 4.78 is 26.3. The van der Waals surface area contributed by atoms with Crippen molar-refractivity contribution in [1.29, 1.82) is 0 Å². The number of hydrogen-bond donors (Lipinski definition) is 1. The molecule has 6 heteroatoms. The molecule has 0 aromatic heterocycles. The van der Waals surface area contributed by atoms with Gasteiger partial charge >= 0.3 is 0 Å². The number of nitrogens with two attached hydrogens (primary N) is 1. The van der Waals surface area contributed by atoms with Crippen molar-refractivity contribution in [3.63, 3.8) is 0 Å². The molecule has 0 spiro atoms. The molecular formula is C13H18N2O3S. The molecule has 19 heavy (non-hydrogen) atoms. The van der Waals surface area contributed by atoms with Crippen LogP contribution >= 0.6 is 0 Å². The molecule has 5 nitrogen and oxygen atoms in total. The lowest BCUT2D eigenvalue weighted by molar-refractivity contribution is 0.101. The Morgan fingerprint density at radius 2 is 2.05 bits per heavy atom. The summed E-state index contributed by atoms with van der Waals surface area (Å²) in [5.41, 5.74) is 6.26. The molecule has 1 heterocycles. The fourth-order valence-electron chi connectivity index (χ4n) is 2.17. The van der Waals surface area contributed by atoms with E-state index < -0.39 is 10.0 Å². The Morgan fingerprint density at radius 1 is 1.37 bits per heavy atom. The van der Waals surface area contributed by atoms with E-state index in [2.05, 4.69) is 0 Å². The van der Waals surface area contributed by atoms with Gasteiger partial charge in [-0.3, -0.25) is 4.79 Å². The van der Waals surface area contributed by atoms with Crippen molar-refractivity contribution in [2.45, 2.75) is 24.8 Å². The third-order valence-corrected chi connectivity index (χ3v) is 5.34. The van der Waals surface area contributed by atoms with E-state index in [1.54, 1.807) is 12.1 Å². The molecule has 1 aromatic carbocycles. The highest BCUT2D eigenvalue weighted by Gasteiger charge is 2.35. The second kappa shape index (κ2) is 5.03. The summed E-state index contributed by atoms with van der Waals surface area (Å²) in [5, 5.41) is 0. The van der Waals surface area contributed by atoms with Crippen LogP contribution in [0.15, 0.2) is 29.2 Å². The number of ketones is 1. The van der Waals surface area contributed by atoms with Crippen LogP contribution in [-0.2, 0) is 10.0 Å². The van der Waals surface area contributed by atoms with Crippen molar-refractivity contribution in [2.75, 3.05) is 13.1 Å². The van der Waals surface area contributed by atoms with Crippen molar-refractivity contribution in [1.82, 2.24) is 4.31 Å². The second-order valence-corrected chi connectivity index (χ2v) is 6.99. The van der Waals surface area contributed by atoms with Gasteiger partial charge in [0.2, 0.25) is 10.0 Å². The minimum atomic E-state index is -3.56. The van der Waals surface area contributed by atoms with E-state index in [1.165, 1.54) is 23.4 Å². The van der Waals surface area contributed by atoms with Gasteiger partial charge in [-0.2, -0.15) is 4.31 Å².